The van der Waals surface area contributed by atoms with Crippen LogP contribution < -0.4 is 10.1 Å². The number of nitrogens with one attached hydrogen (secondary N) is 1. The Hall–Kier alpha value is -2.95. The van der Waals surface area contributed by atoms with Gasteiger partial charge in [0.1, 0.15) is 11.3 Å². The second-order valence-electron chi connectivity index (χ2n) is 6.82. The van der Waals surface area contributed by atoms with E-state index in [1.807, 2.05) is 0 Å². The van der Waals surface area contributed by atoms with Gasteiger partial charge in [0.15, 0.2) is 9.84 Å². The van der Waals surface area contributed by atoms with Crippen LogP contribution >= 0.6 is 0 Å². The summed E-state index contributed by atoms with van der Waals surface area (Å²) in [5, 5.41) is 3.61. The molecule has 2 aromatic rings. The standard InChI is InChI=1S/C19H18F3N3O4S/c1-30(27,28)10-9-15(12-7-8-12)24-16(26)14-11-23-18(19(20,21)22)25-17(14)29-13-5-3-2-4-6-13/h2-6,9-12,15H,7-8H2,1H3,(H,24,26)/b10-9+/t15-/m1/s1. The Morgan fingerprint density at radius 1 is 1.27 bits per heavy atom. The molecule has 1 amide bonds. The van der Waals surface area contributed by atoms with E-state index in [1.165, 1.54) is 18.2 Å². The molecule has 0 radical (unpaired) electrons. The first-order valence-electron chi connectivity index (χ1n) is 8.89. The minimum Gasteiger partial charge on any atom is -0.438 e. The first kappa shape index (κ1) is 21.8. The highest BCUT2D eigenvalue weighted by molar-refractivity contribution is 7.93. The van der Waals surface area contributed by atoms with Crippen molar-refractivity contribution in [3.8, 4) is 11.6 Å². The smallest absolute Gasteiger partial charge is 0.438 e. The number of para-hydroxylation sites is 1. The van der Waals surface area contributed by atoms with Crippen molar-refractivity contribution in [2.24, 2.45) is 5.92 Å². The number of sulfone groups is 1. The average Bonchev–Trinajstić information content (AvgIpc) is 3.49. The van der Waals surface area contributed by atoms with Gasteiger partial charge in [0.05, 0.1) is 6.04 Å². The van der Waals surface area contributed by atoms with Crippen molar-refractivity contribution in [2.75, 3.05) is 6.26 Å². The third kappa shape index (κ3) is 6.02. The molecule has 1 saturated carbocycles. The van der Waals surface area contributed by atoms with E-state index in [-0.39, 0.29) is 17.2 Å². The van der Waals surface area contributed by atoms with Crippen molar-refractivity contribution in [1.82, 2.24) is 15.3 Å². The summed E-state index contributed by atoms with van der Waals surface area (Å²) in [5.41, 5.74) is -0.301. The van der Waals surface area contributed by atoms with E-state index in [4.69, 9.17) is 4.74 Å². The van der Waals surface area contributed by atoms with Crippen LogP contribution in [0.4, 0.5) is 13.2 Å². The van der Waals surface area contributed by atoms with Crippen LogP contribution in [0.2, 0.25) is 0 Å². The van der Waals surface area contributed by atoms with Crippen LogP contribution in [0.3, 0.4) is 0 Å². The first-order chi connectivity index (χ1) is 14.0. The second-order valence-corrected chi connectivity index (χ2v) is 8.75. The molecule has 30 heavy (non-hydrogen) atoms. The monoisotopic (exact) mass is 441 g/mol. The largest absolute Gasteiger partial charge is 0.451 e. The number of nitrogens with zero attached hydrogens (tertiary/aromatic N) is 2. The van der Waals surface area contributed by atoms with Crippen molar-refractivity contribution < 1.29 is 31.1 Å². The molecule has 0 bridgehead atoms. The highest BCUT2D eigenvalue weighted by Gasteiger charge is 2.37. The zero-order valence-corrected chi connectivity index (χ0v) is 16.6. The van der Waals surface area contributed by atoms with Crippen molar-refractivity contribution in [3.63, 3.8) is 0 Å². The number of benzene rings is 1. The van der Waals surface area contributed by atoms with Crippen LogP contribution in [0.15, 0.2) is 48.0 Å². The maximum atomic E-state index is 13.0. The molecule has 0 unspecified atom stereocenters. The van der Waals surface area contributed by atoms with E-state index in [9.17, 15) is 26.4 Å². The molecule has 0 aliphatic heterocycles. The fourth-order valence-corrected chi connectivity index (χ4v) is 3.03. The van der Waals surface area contributed by atoms with Gasteiger partial charge in [-0.1, -0.05) is 24.3 Å². The topological polar surface area (TPSA) is 98.2 Å². The molecule has 160 valence electrons. The average molecular weight is 441 g/mol. The minimum atomic E-state index is -4.82. The maximum Gasteiger partial charge on any atom is 0.451 e. The van der Waals surface area contributed by atoms with Crippen molar-refractivity contribution in [1.29, 1.82) is 0 Å². The van der Waals surface area contributed by atoms with E-state index in [1.54, 1.807) is 18.2 Å². The molecule has 11 heteroatoms. The van der Waals surface area contributed by atoms with Crippen molar-refractivity contribution >= 4 is 15.7 Å². The fraction of sp³-hybridized carbons (Fsp3) is 0.316. The molecule has 3 rings (SSSR count). The molecule has 1 aliphatic carbocycles. The normalized spacial score (nSPS) is 15.7. The number of carbonyl (C=O) groups excluding carboxylic acids is 1. The number of aromatic nitrogens is 2. The van der Waals surface area contributed by atoms with E-state index in [2.05, 4.69) is 15.3 Å². The van der Waals surface area contributed by atoms with Gasteiger partial charge in [-0.2, -0.15) is 18.2 Å². The Balaban J connectivity index is 1.90. The van der Waals surface area contributed by atoms with Gasteiger partial charge < -0.3 is 10.1 Å². The maximum absolute atomic E-state index is 13.0. The van der Waals surface area contributed by atoms with Crippen LogP contribution in [-0.2, 0) is 16.0 Å². The summed E-state index contributed by atoms with van der Waals surface area (Å²) in [5.74, 6) is -2.54. The van der Waals surface area contributed by atoms with Crippen molar-refractivity contribution in [2.45, 2.75) is 25.1 Å². The van der Waals surface area contributed by atoms with Gasteiger partial charge in [0, 0.05) is 17.9 Å². The zero-order valence-electron chi connectivity index (χ0n) is 15.8. The Bertz CT molecular complexity index is 1050. The minimum absolute atomic E-state index is 0.0424. The van der Waals surface area contributed by atoms with E-state index >= 15 is 0 Å². The Morgan fingerprint density at radius 3 is 2.50 bits per heavy atom. The molecular weight excluding hydrogens is 423 g/mol. The molecule has 0 saturated heterocycles. The highest BCUT2D eigenvalue weighted by atomic mass is 32.2. The molecule has 7 nitrogen and oxygen atoms in total. The molecule has 1 atom stereocenters. The number of alkyl halides is 3. The molecule has 1 aromatic carbocycles. The van der Waals surface area contributed by atoms with Gasteiger partial charge >= 0.3 is 6.18 Å². The number of amides is 1. The van der Waals surface area contributed by atoms with E-state index in [0.29, 0.717) is 0 Å². The van der Waals surface area contributed by atoms with E-state index in [0.717, 1.165) is 30.7 Å². The molecule has 1 fully saturated rings. The Morgan fingerprint density at radius 2 is 1.93 bits per heavy atom. The third-order valence-electron chi connectivity index (χ3n) is 4.17. The van der Waals surface area contributed by atoms with Gasteiger partial charge in [0.25, 0.3) is 5.91 Å². The van der Waals surface area contributed by atoms with Crippen LogP contribution in [0.25, 0.3) is 0 Å². The summed E-state index contributed by atoms with van der Waals surface area (Å²) in [6, 6.07) is 7.31. The predicted molar refractivity (Wildman–Crippen MR) is 102 cm³/mol. The quantitative estimate of drug-likeness (QED) is 0.708. The summed E-state index contributed by atoms with van der Waals surface area (Å²) in [6.45, 7) is 0. The summed E-state index contributed by atoms with van der Waals surface area (Å²) < 4.78 is 67.3. The fourth-order valence-electron chi connectivity index (χ4n) is 2.57. The molecular formula is C19H18F3N3O4S. The number of hydrogen-bond acceptors (Lipinski definition) is 6. The zero-order chi connectivity index (χ0) is 21.9. The van der Waals surface area contributed by atoms with E-state index < -0.39 is 39.7 Å². The molecule has 1 heterocycles. The predicted octanol–water partition coefficient (Wildman–Crippen LogP) is 3.35. The summed E-state index contributed by atoms with van der Waals surface area (Å²) >= 11 is 0. The number of rotatable bonds is 7. The number of halogens is 3. The summed E-state index contributed by atoms with van der Waals surface area (Å²) in [4.78, 5) is 19.4. The van der Waals surface area contributed by atoms with Crippen LogP contribution in [0.1, 0.15) is 29.0 Å². The summed E-state index contributed by atoms with van der Waals surface area (Å²) in [7, 11) is -3.40. The Labute approximate surface area is 170 Å². The molecule has 1 aromatic heterocycles. The molecule has 0 spiro atoms. The first-order valence-corrected chi connectivity index (χ1v) is 10.8. The van der Waals surface area contributed by atoms with Crippen molar-refractivity contribution in [3.05, 3.63) is 59.4 Å². The van der Waals surface area contributed by atoms with Crippen LogP contribution in [-0.4, -0.2) is 36.6 Å². The molecule has 1 aliphatic rings. The number of carbonyl (C=O) groups is 1. The van der Waals surface area contributed by atoms with Crippen LogP contribution in [0.5, 0.6) is 11.6 Å². The number of ether oxygens (including phenoxy) is 1. The lowest BCUT2D eigenvalue weighted by Gasteiger charge is -2.16. The lowest BCUT2D eigenvalue weighted by Crippen LogP contribution is -2.35. The Kier molecular flexibility index (Phi) is 6.11. The van der Waals surface area contributed by atoms with Gasteiger partial charge in [-0.25, -0.2) is 13.4 Å². The lowest BCUT2D eigenvalue weighted by molar-refractivity contribution is -0.145. The SMILES string of the molecule is CS(=O)(=O)/C=C/[C@@H](NC(=O)c1cnc(C(F)(F)F)nc1Oc1ccccc1)C1CC1. The van der Waals surface area contributed by atoms with Gasteiger partial charge in [-0.3, -0.25) is 4.79 Å². The van der Waals surface area contributed by atoms with Crippen LogP contribution in [0, 0.1) is 5.92 Å². The highest BCUT2D eigenvalue weighted by Crippen LogP contribution is 2.34. The second kappa shape index (κ2) is 8.42. The summed E-state index contributed by atoms with van der Waals surface area (Å²) in [6.07, 6.45) is -0.129. The third-order valence-corrected chi connectivity index (χ3v) is 4.82. The van der Waals surface area contributed by atoms with Gasteiger partial charge in [-0.15, -0.1) is 0 Å². The van der Waals surface area contributed by atoms with Gasteiger partial charge in [-0.05, 0) is 30.9 Å². The lowest BCUT2D eigenvalue weighted by atomic mass is 10.1. The number of hydrogen-bond donors (Lipinski definition) is 1. The van der Waals surface area contributed by atoms with Gasteiger partial charge in [0.2, 0.25) is 11.7 Å². The molecule has 1 N–H and O–H groups in total.